The van der Waals surface area contributed by atoms with Crippen molar-refractivity contribution in [3.8, 4) is 0 Å². The zero-order valence-corrected chi connectivity index (χ0v) is 13.8. The minimum Gasteiger partial charge on any atom is -0.359 e. The molecule has 0 aromatic heterocycles. The quantitative estimate of drug-likeness (QED) is 0.790. The van der Waals surface area contributed by atoms with Gasteiger partial charge >= 0.3 is 6.18 Å². The van der Waals surface area contributed by atoms with Crippen LogP contribution in [0.3, 0.4) is 0 Å². The molecular weight excluding hydrogens is 345 g/mol. The van der Waals surface area contributed by atoms with Crippen LogP contribution in [0, 0.1) is 0 Å². The Morgan fingerprint density at radius 3 is 2.52 bits per heavy atom. The first-order chi connectivity index (χ1) is 9.81. The second-order valence-electron chi connectivity index (χ2n) is 5.46. The molecule has 1 saturated carbocycles. The number of nitrogens with zero attached hydrogens (tertiary/aromatic N) is 1. The second-order valence-corrected chi connectivity index (χ2v) is 6.32. The van der Waals surface area contributed by atoms with E-state index in [-0.39, 0.29) is 12.1 Å². The Bertz CT molecular complexity index is 486. The van der Waals surface area contributed by atoms with E-state index in [9.17, 15) is 13.2 Å². The average molecular weight is 365 g/mol. The SMILES string of the molecule is CCNC(C)c1ccc(N(CC(F)(F)F)C2CC2)c(Br)c1. The molecule has 1 N–H and O–H groups in total. The Morgan fingerprint density at radius 2 is 2.05 bits per heavy atom. The zero-order chi connectivity index (χ0) is 15.6. The molecule has 1 unspecified atom stereocenters. The van der Waals surface area contributed by atoms with Gasteiger partial charge in [0.05, 0.1) is 5.69 Å². The van der Waals surface area contributed by atoms with Gasteiger partial charge < -0.3 is 10.2 Å². The summed E-state index contributed by atoms with van der Waals surface area (Å²) in [6, 6.07) is 5.79. The number of rotatable bonds is 6. The molecule has 1 aliphatic carbocycles. The number of hydrogen-bond donors (Lipinski definition) is 1. The van der Waals surface area contributed by atoms with Crippen LogP contribution in [0.1, 0.15) is 38.3 Å². The van der Waals surface area contributed by atoms with E-state index in [1.807, 2.05) is 26.0 Å². The van der Waals surface area contributed by atoms with Gasteiger partial charge in [0.15, 0.2) is 0 Å². The van der Waals surface area contributed by atoms with Crippen molar-refractivity contribution < 1.29 is 13.2 Å². The van der Waals surface area contributed by atoms with Gasteiger partial charge in [-0.1, -0.05) is 13.0 Å². The van der Waals surface area contributed by atoms with Gasteiger partial charge in [0.25, 0.3) is 0 Å². The van der Waals surface area contributed by atoms with E-state index >= 15 is 0 Å². The molecule has 0 heterocycles. The van der Waals surface area contributed by atoms with Gasteiger partial charge in [-0.05, 0) is 59.9 Å². The lowest BCUT2D eigenvalue weighted by molar-refractivity contribution is -0.120. The molecule has 1 aromatic rings. The molecule has 118 valence electrons. The van der Waals surface area contributed by atoms with Crippen LogP contribution < -0.4 is 10.2 Å². The lowest BCUT2D eigenvalue weighted by Gasteiger charge is -2.27. The summed E-state index contributed by atoms with van der Waals surface area (Å²) >= 11 is 3.43. The van der Waals surface area contributed by atoms with Crippen molar-refractivity contribution >= 4 is 21.6 Å². The molecule has 1 aliphatic rings. The summed E-state index contributed by atoms with van der Waals surface area (Å²) in [5.74, 6) is 0. The number of benzene rings is 1. The Balaban J connectivity index is 2.21. The number of anilines is 1. The van der Waals surface area contributed by atoms with Gasteiger partial charge in [0.1, 0.15) is 6.54 Å². The molecule has 0 aliphatic heterocycles. The molecule has 1 atom stereocenters. The van der Waals surface area contributed by atoms with E-state index in [0.717, 1.165) is 29.4 Å². The minimum absolute atomic E-state index is 0.0139. The minimum atomic E-state index is -4.18. The van der Waals surface area contributed by atoms with E-state index in [2.05, 4.69) is 21.2 Å². The van der Waals surface area contributed by atoms with Crippen LogP contribution in [-0.2, 0) is 0 Å². The van der Waals surface area contributed by atoms with Gasteiger partial charge in [0, 0.05) is 16.6 Å². The maximum atomic E-state index is 12.8. The highest BCUT2D eigenvalue weighted by molar-refractivity contribution is 9.10. The van der Waals surface area contributed by atoms with Gasteiger partial charge in [0.2, 0.25) is 0 Å². The van der Waals surface area contributed by atoms with Crippen molar-refractivity contribution in [1.82, 2.24) is 5.32 Å². The highest BCUT2D eigenvalue weighted by Gasteiger charge is 2.38. The lowest BCUT2D eigenvalue weighted by atomic mass is 10.1. The van der Waals surface area contributed by atoms with Gasteiger partial charge in [-0.25, -0.2) is 0 Å². The van der Waals surface area contributed by atoms with Crippen molar-refractivity contribution in [2.45, 2.75) is 44.9 Å². The van der Waals surface area contributed by atoms with Crippen molar-refractivity contribution in [1.29, 1.82) is 0 Å². The number of alkyl halides is 3. The fourth-order valence-corrected chi connectivity index (χ4v) is 3.06. The molecule has 21 heavy (non-hydrogen) atoms. The Hall–Kier alpha value is -0.750. The molecule has 0 bridgehead atoms. The van der Waals surface area contributed by atoms with Crippen LogP contribution in [0.5, 0.6) is 0 Å². The third kappa shape index (κ3) is 4.61. The van der Waals surface area contributed by atoms with Crippen LogP contribution in [0.4, 0.5) is 18.9 Å². The van der Waals surface area contributed by atoms with Crippen LogP contribution >= 0.6 is 15.9 Å². The summed E-state index contributed by atoms with van der Waals surface area (Å²) in [6.45, 7) is 4.03. The van der Waals surface area contributed by atoms with E-state index in [4.69, 9.17) is 0 Å². The van der Waals surface area contributed by atoms with Gasteiger partial charge in [-0.15, -0.1) is 0 Å². The third-order valence-electron chi connectivity index (χ3n) is 3.63. The van der Waals surface area contributed by atoms with E-state index in [0.29, 0.717) is 5.69 Å². The Morgan fingerprint density at radius 1 is 1.38 bits per heavy atom. The monoisotopic (exact) mass is 364 g/mol. The molecule has 1 aromatic carbocycles. The maximum Gasteiger partial charge on any atom is 0.405 e. The molecule has 0 spiro atoms. The van der Waals surface area contributed by atoms with Crippen LogP contribution in [0.15, 0.2) is 22.7 Å². The normalized spacial score (nSPS) is 16.9. The summed E-state index contributed by atoms with van der Waals surface area (Å²) in [5.41, 5.74) is 1.69. The Kier molecular flexibility index (Phi) is 5.20. The molecular formula is C15H20BrF3N2. The van der Waals surface area contributed by atoms with E-state index in [1.165, 1.54) is 4.90 Å². The van der Waals surface area contributed by atoms with E-state index in [1.54, 1.807) is 6.07 Å². The fraction of sp³-hybridized carbons (Fsp3) is 0.600. The summed E-state index contributed by atoms with van der Waals surface area (Å²) in [4.78, 5) is 1.46. The largest absolute Gasteiger partial charge is 0.405 e. The van der Waals surface area contributed by atoms with Gasteiger partial charge in [-0.2, -0.15) is 13.2 Å². The first-order valence-corrected chi connectivity index (χ1v) is 7.97. The summed E-state index contributed by atoms with van der Waals surface area (Å²) in [5, 5.41) is 3.30. The summed E-state index contributed by atoms with van der Waals surface area (Å²) in [7, 11) is 0. The first kappa shape index (κ1) is 16.6. The number of halogens is 4. The summed E-state index contributed by atoms with van der Waals surface area (Å²) in [6.07, 6.45) is -2.52. The predicted octanol–water partition coefficient (Wildman–Crippen LogP) is 4.65. The molecule has 1 fully saturated rings. The highest BCUT2D eigenvalue weighted by atomic mass is 79.9. The molecule has 6 heteroatoms. The highest BCUT2D eigenvalue weighted by Crippen LogP contribution is 2.38. The molecule has 2 rings (SSSR count). The topological polar surface area (TPSA) is 15.3 Å². The molecule has 0 amide bonds. The van der Waals surface area contributed by atoms with Crippen LogP contribution in [-0.4, -0.2) is 25.3 Å². The van der Waals surface area contributed by atoms with Crippen molar-refractivity contribution in [2.24, 2.45) is 0 Å². The van der Waals surface area contributed by atoms with Crippen molar-refractivity contribution in [3.63, 3.8) is 0 Å². The Labute approximate surface area is 131 Å². The van der Waals surface area contributed by atoms with E-state index < -0.39 is 12.7 Å². The van der Waals surface area contributed by atoms with Crippen LogP contribution in [0.25, 0.3) is 0 Å². The molecule has 2 nitrogen and oxygen atoms in total. The van der Waals surface area contributed by atoms with Gasteiger partial charge in [-0.3, -0.25) is 0 Å². The first-order valence-electron chi connectivity index (χ1n) is 7.18. The second kappa shape index (κ2) is 6.57. The maximum absolute atomic E-state index is 12.8. The number of nitrogens with one attached hydrogen (secondary N) is 1. The molecule has 0 saturated heterocycles. The predicted molar refractivity (Wildman–Crippen MR) is 82.7 cm³/mol. The lowest BCUT2D eigenvalue weighted by Crippen LogP contribution is -2.36. The number of hydrogen-bond acceptors (Lipinski definition) is 2. The zero-order valence-electron chi connectivity index (χ0n) is 12.2. The van der Waals surface area contributed by atoms with Crippen molar-refractivity contribution in [2.75, 3.05) is 18.0 Å². The molecule has 0 radical (unpaired) electrons. The average Bonchev–Trinajstić information content (AvgIpc) is 3.19. The smallest absolute Gasteiger partial charge is 0.359 e. The summed E-state index contributed by atoms with van der Waals surface area (Å²) < 4.78 is 39.0. The fourth-order valence-electron chi connectivity index (χ4n) is 2.44. The van der Waals surface area contributed by atoms with Crippen LogP contribution in [0.2, 0.25) is 0 Å². The third-order valence-corrected chi connectivity index (χ3v) is 4.26. The standard InChI is InChI=1S/C15H20BrF3N2/c1-3-20-10(2)11-4-7-14(13(16)8-11)21(12-5-6-12)9-15(17,18)19/h4,7-8,10,12,20H,3,5-6,9H2,1-2H3. The van der Waals surface area contributed by atoms with Crippen molar-refractivity contribution in [3.05, 3.63) is 28.2 Å².